The van der Waals surface area contributed by atoms with Crippen LogP contribution in [0, 0.1) is 0 Å². The standard InChI is InChI=1S/C21H20O2S/c1-2-23-21(22)19-8-4-6-17(14-19)10-9-16-5-3-7-18(13-16)20-11-12-24-15-20/h3-10,13-15H,2,11-12H2,1H3/b10-9+. The van der Waals surface area contributed by atoms with Crippen LogP contribution in [0.1, 0.15) is 40.4 Å². The van der Waals surface area contributed by atoms with Crippen LogP contribution in [0.3, 0.4) is 0 Å². The van der Waals surface area contributed by atoms with Gasteiger partial charge in [-0.15, -0.1) is 11.8 Å². The zero-order valence-electron chi connectivity index (χ0n) is 13.7. The molecule has 3 heteroatoms. The van der Waals surface area contributed by atoms with E-state index in [0.29, 0.717) is 12.2 Å². The van der Waals surface area contributed by atoms with Gasteiger partial charge in [-0.1, -0.05) is 42.5 Å². The third-order valence-electron chi connectivity index (χ3n) is 3.84. The Labute approximate surface area is 147 Å². The number of esters is 1. The Morgan fingerprint density at radius 3 is 2.58 bits per heavy atom. The highest BCUT2D eigenvalue weighted by Gasteiger charge is 2.08. The molecule has 122 valence electrons. The Morgan fingerprint density at radius 2 is 1.88 bits per heavy atom. The van der Waals surface area contributed by atoms with E-state index >= 15 is 0 Å². The molecule has 0 bridgehead atoms. The van der Waals surface area contributed by atoms with Gasteiger partial charge in [-0.05, 0) is 59.2 Å². The summed E-state index contributed by atoms with van der Waals surface area (Å²) in [4.78, 5) is 11.8. The Hall–Kier alpha value is -2.26. The van der Waals surface area contributed by atoms with Crippen molar-refractivity contribution in [2.75, 3.05) is 12.4 Å². The van der Waals surface area contributed by atoms with Gasteiger partial charge in [-0.25, -0.2) is 4.79 Å². The number of rotatable bonds is 5. The first-order chi connectivity index (χ1) is 11.8. The summed E-state index contributed by atoms with van der Waals surface area (Å²) in [5.74, 6) is 0.899. The second-order valence-corrected chi connectivity index (χ2v) is 6.55. The lowest BCUT2D eigenvalue weighted by Gasteiger charge is -2.04. The van der Waals surface area contributed by atoms with Gasteiger partial charge < -0.3 is 4.74 Å². The van der Waals surface area contributed by atoms with E-state index < -0.39 is 0 Å². The topological polar surface area (TPSA) is 26.3 Å². The molecule has 3 rings (SSSR count). The molecular formula is C21H20O2S. The average Bonchev–Trinajstić information content (AvgIpc) is 3.15. The molecule has 0 unspecified atom stereocenters. The van der Waals surface area contributed by atoms with Gasteiger partial charge in [0.2, 0.25) is 0 Å². The van der Waals surface area contributed by atoms with E-state index in [-0.39, 0.29) is 5.97 Å². The number of allylic oxidation sites excluding steroid dienone is 1. The highest BCUT2D eigenvalue weighted by atomic mass is 32.2. The molecule has 0 amide bonds. The third-order valence-corrected chi connectivity index (χ3v) is 4.73. The Kier molecular flexibility index (Phi) is 5.55. The van der Waals surface area contributed by atoms with Gasteiger partial charge in [-0.2, -0.15) is 0 Å². The number of carbonyl (C=O) groups excluding carboxylic acids is 1. The first kappa shape index (κ1) is 16.6. The fraction of sp³-hybridized carbons (Fsp3) is 0.190. The maximum atomic E-state index is 11.8. The molecule has 24 heavy (non-hydrogen) atoms. The summed E-state index contributed by atoms with van der Waals surface area (Å²) < 4.78 is 5.05. The van der Waals surface area contributed by atoms with Crippen LogP contribution in [0.2, 0.25) is 0 Å². The van der Waals surface area contributed by atoms with Crippen molar-refractivity contribution in [3.8, 4) is 0 Å². The van der Waals surface area contributed by atoms with Gasteiger partial charge in [-0.3, -0.25) is 0 Å². The summed E-state index contributed by atoms with van der Waals surface area (Å²) >= 11 is 1.88. The molecule has 1 heterocycles. The Balaban J connectivity index is 1.77. The van der Waals surface area contributed by atoms with E-state index in [1.165, 1.54) is 16.9 Å². The molecule has 0 atom stereocenters. The van der Waals surface area contributed by atoms with Gasteiger partial charge in [0.15, 0.2) is 0 Å². The number of hydrogen-bond donors (Lipinski definition) is 0. The van der Waals surface area contributed by atoms with Crippen molar-refractivity contribution in [1.29, 1.82) is 0 Å². The maximum absolute atomic E-state index is 11.8. The van der Waals surface area contributed by atoms with Crippen molar-refractivity contribution in [2.24, 2.45) is 0 Å². The first-order valence-corrected chi connectivity index (χ1v) is 9.17. The molecule has 0 aromatic heterocycles. The predicted molar refractivity (Wildman–Crippen MR) is 103 cm³/mol. The second kappa shape index (κ2) is 8.02. The normalized spacial score (nSPS) is 14.0. The van der Waals surface area contributed by atoms with Crippen LogP contribution in [-0.4, -0.2) is 18.3 Å². The van der Waals surface area contributed by atoms with E-state index in [4.69, 9.17) is 4.74 Å². The van der Waals surface area contributed by atoms with Crippen LogP contribution in [-0.2, 0) is 4.74 Å². The van der Waals surface area contributed by atoms with Crippen molar-refractivity contribution in [1.82, 2.24) is 0 Å². The van der Waals surface area contributed by atoms with Crippen molar-refractivity contribution < 1.29 is 9.53 Å². The average molecular weight is 336 g/mol. The van der Waals surface area contributed by atoms with Gasteiger partial charge in [0, 0.05) is 5.75 Å². The lowest BCUT2D eigenvalue weighted by atomic mass is 10.0. The lowest BCUT2D eigenvalue weighted by molar-refractivity contribution is 0.0526. The second-order valence-electron chi connectivity index (χ2n) is 5.57. The number of hydrogen-bond acceptors (Lipinski definition) is 3. The van der Waals surface area contributed by atoms with Gasteiger partial charge in [0.05, 0.1) is 12.2 Å². The van der Waals surface area contributed by atoms with E-state index in [2.05, 4.69) is 35.7 Å². The molecule has 2 nitrogen and oxygen atoms in total. The van der Waals surface area contributed by atoms with Crippen molar-refractivity contribution in [2.45, 2.75) is 13.3 Å². The van der Waals surface area contributed by atoms with E-state index in [1.54, 1.807) is 6.07 Å². The highest BCUT2D eigenvalue weighted by molar-refractivity contribution is 8.02. The quantitative estimate of drug-likeness (QED) is 0.532. The Bertz CT molecular complexity index is 790. The summed E-state index contributed by atoms with van der Waals surface area (Å²) in [6.45, 7) is 2.20. The van der Waals surface area contributed by atoms with Crippen LogP contribution in [0.4, 0.5) is 0 Å². The fourth-order valence-electron chi connectivity index (χ4n) is 2.62. The number of benzene rings is 2. The number of carbonyl (C=O) groups is 1. The number of thioether (sulfide) groups is 1. The van der Waals surface area contributed by atoms with Crippen LogP contribution in [0.15, 0.2) is 53.9 Å². The summed E-state index contributed by atoms with van der Waals surface area (Å²) in [5, 5.41) is 2.26. The summed E-state index contributed by atoms with van der Waals surface area (Å²) in [6.07, 6.45) is 5.25. The highest BCUT2D eigenvalue weighted by Crippen LogP contribution is 2.30. The summed E-state index contributed by atoms with van der Waals surface area (Å²) in [7, 11) is 0. The molecule has 0 saturated heterocycles. The van der Waals surface area contributed by atoms with Crippen molar-refractivity contribution in [3.63, 3.8) is 0 Å². The smallest absolute Gasteiger partial charge is 0.338 e. The molecule has 0 fully saturated rings. The van der Waals surface area contributed by atoms with Gasteiger partial charge >= 0.3 is 5.97 Å². The molecule has 0 saturated carbocycles. The maximum Gasteiger partial charge on any atom is 0.338 e. The molecule has 1 aliphatic rings. The summed E-state index contributed by atoms with van der Waals surface area (Å²) in [6, 6.07) is 16.1. The number of ether oxygens (including phenoxy) is 1. The summed E-state index contributed by atoms with van der Waals surface area (Å²) in [5.41, 5.74) is 5.44. The molecule has 0 N–H and O–H groups in total. The van der Waals surface area contributed by atoms with E-state index in [1.807, 2.05) is 43.0 Å². The van der Waals surface area contributed by atoms with Crippen LogP contribution < -0.4 is 0 Å². The molecule has 0 spiro atoms. The van der Waals surface area contributed by atoms with Crippen LogP contribution >= 0.6 is 11.8 Å². The molecule has 1 aliphatic heterocycles. The van der Waals surface area contributed by atoms with Crippen LogP contribution in [0.5, 0.6) is 0 Å². The lowest BCUT2D eigenvalue weighted by Crippen LogP contribution is -2.04. The Morgan fingerprint density at radius 1 is 1.12 bits per heavy atom. The zero-order valence-corrected chi connectivity index (χ0v) is 14.5. The predicted octanol–water partition coefficient (Wildman–Crippen LogP) is 5.51. The van der Waals surface area contributed by atoms with E-state index in [9.17, 15) is 4.79 Å². The third kappa shape index (κ3) is 4.18. The minimum Gasteiger partial charge on any atom is -0.462 e. The molecule has 0 aliphatic carbocycles. The first-order valence-electron chi connectivity index (χ1n) is 8.12. The van der Waals surface area contributed by atoms with E-state index in [0.717, 1.165) is 17.5 Å². The molecule has 2 aromatic carbocycles. The van der Waals surface area contributed by atoms with Gasteiger partial charge in [0.1, 0.15) is 0 Å². The minimum absolute atomic E-state index is 0.277. The van der Waals surface area contributed by atoms with Gasteiger partial charge in [0.25, 0.3) is 0 Å². The molecular weight excluding hydrogens is 316 g/mol. The fourth-order valence-corrected chi connectivity index (χ4v) is 3.53. The molecule has 0 radical (unpaired) electrons. The molecule has 2 aromatic rings. The van der Waals surface area contributed by atoms with Crippen molar-refractivity contribution >= 4 is 35.5 Å². The SMILES string of the molecule is CCOC(=O)c1cccc(/C=C/c2cccc(C3=CSCC3)c2)c1. The minimum atomic E-state index is -0.277. The largest absolute Gasteiger partial charge is 0.462 e. The van der Waals surface area contributed by atoms with Crippen LogP contribution in [0.25, 0.3) is 17.7 Å². The monoisotopic (exact) mass is 336 g/mol. The zero-order chi connectivity index (χ0) is 16.8. The van der Waals surface area contributed by atoms with Crippen molar-refractivity contribution in [3.05, 3.63) is 76.2 Å².